The average Bonchev–Trinajstić information content (AvgIpc) is 3.18. The molecule has 0 fully saturated rings. The van der Waals surface area contributed by atoms with Crippen LogP contribution in [0.5, 0.6) is 0 Å². The van der Waals surface area contributed by atoms with E-state index in [1.165, 1.54) is 10.6 Å². The highest BCUT2D eigenvalue weighted by Gasteiger charge is 2.29. The SMILES string of the molecule is Cc1nn(Cc2ccc(Br)cc2)c(C)c1S(=O)(=O)N(C)Cc1ccco1. The fraction of sp³-hybridized carbons (Fsp3) is 0.278. The Morgan fingerprint density at radius 1 is 1.19 bits per heavy atom. The van der Waals surface area contributed by atoms with Gasteiger partial charge in [0.15, 0.2) is 0 Å². The van der Waals surface area contributed by atoms with Crippen molar-refractivity contribution in [1.82, 2.24) is 14.1 Å². The summed E-state index contributed by atoms with van der Waals surface area (Å²) in [4.78, 5) is 0.253. The van der Waals surface area contributed by atoms with Crippen molar-refractivity contribution in [2.24, 2.45) is 0 Å². The number of nitrogens with zero attached hydrogens (tertiary/aromatic N) is 3. The van der Waals surface area contributed by atoms with Crippen LogP contribution < -0.4 is 0 Å². The molecule has 0 unspecified atom stereocenters. The van der Waals surface area contributed by atoms with Crippen LogP contribution in [-0.4, -0.2) is 29.6 Å². The molecule has 0 saturated heterocycles. The number of aromatic nitrogens is 2. The molecule has 0 N–H and O–H groups in total. The Hall–Kier alpha value is -1.90. The summed E-state index contributed by atoms with van der Waals surface area (Å²) in [5, 5.41) is 4.45. The summed E-state index contributed by atoms with van der Waals surface area (Å²) in [6.45, 7) is 4.19. The Labute approximate surface area is 161 Å². The third kappa shape index (κ3) is 3.77. The summed E-state index contributed by atoms with van der Waals surface area (Å²) in [6, 6.07) is 11.4. The normalized spacial score (nSPS) is 12.0. The Morgan fingerprint density at radius 3 is 2.50 bits per heavy atom. The number of halogens is 1. The van der Waals surface area contributed by atoms with Gasteiger partial charge in [0.25, 0.3) is 0 Å². The summed E-state index contributed by atoms with van der Waals surface area (Å²) < 4.78 is 35.3. The predicted molar refractivity (Wildman–Crippen MR) is 102 cm³/mol. The maximum absolute atomic E-state index is 13.0. The van der Waals surface area contributed by atoms with Gasteiger partial charge in [-0.1, -0.05) is 28.1 Å². The van der Waals surface area contributed by atoms with Gasteiger partial charge in [-0.25, -0.2) is 8.42 Å². The lowest BCUT2D eigenvalue weighted by Crippen LogP contribution is -2.27. The van der Waals surface area contributed by atoms with E-state index in [4.69, 9.17) is 4.42 Å². The Balaban J connectivity index is 1.90. The Bertz CT molecular complexity index is 993. The summed E-state index contributed by atoms with van der Waals surface area (Å²) in [6.07, 6.45) is 1.53. The van der Waals surface area contributed by atoms with E-state index in [9.17, 15) is 8.42 Å². The van der Waals surface area contributed by atoms with Crippen LogP contribution in [0.1, 0.15) is 22.7 Å². The van der Waals surface area contributed by atoms with E-state index in [0.29, 0.717) is 23.7 Å². The van der Waals surface area contributed by atoms with Crippen LogP contribution in [0.25, 0.3) is 0 Å². The third-order valence-electron chi connectivity index (χ3n) is 4.19. The molecule has 8 heteroatoms. The zero-order valence-electron chi connectivity index (χ0n) is 14.8. The van der Waals surface area contributed by atoms with Gasteiger partial charge in [-0.2, -0.15) is 9.40 Å². The standard InChI is InChI=1S/C18H20BrN3O3S/c1-13-18(26(23,24)21(3)12-17-5-4-10-25-17)14(2)22(20-13)11-15-6-8-16(19)9-7-15/h4-10H,11-12H2,1-3H3. The first-order valence-electron chi connectivity index (χ1n) is 8.06. The van der Waals surface area contributed by atoms with Crippen LogP contribution in [0.2, 0.25) is 0 Å². The zero-order chi connectivity index (χ0) is 18.9. The topological polar surface area (TPSA) is 68.3 Å². The number of rotatable bonds is 6. The lowest BCUT2D eigenvalue weighted by Gasteiger charge is -2.16. The van der Waals surface area contributed by atoms with Crippen LogP contribution in [0.15, 0.2) is 56.4 Å². The van der Waals surface area contributed by atoms with Gasteiger partial charge < -0.3 is 4.42 Å². The summed E-state index contributed by atoms with van der Waals surface area (Å²) in [5.74, 6) is 0.591. The van der Waals surface area contributed by atoms with Crippen LogP contribution >= 0.6 is 15.9 Å². The predicted octanol–water partition coefficient (Wildman–Crippen LogP) is 3.72. The molecule has 26 heavy (non-hydrogen) atoms. The highest BCUT2D eigenvalue weighted by Crippen LogP contribution is 2.25. The van der Waals surface area contributed by atoms with Crippen molar-refractivity contribution in [2.45, 2.75) is 31.8 Å². The van der Waals surface area contributed by atoms with E-state index in [0.717, 1.165) is 10.0 Å². The molecule has 1 aromatic carbocycles. The highest BCUT2D eigenvalue weighted by molar-refractivity contribution is 9.10. The Morgan fingerprint density at radius 2 is 1.88 bits per heavy atom. The first kappa shape index (κ1) is 18.9. The zero-order valence-corrected chi connectivity index (χ0v) is 17.2. The number of aryl methyl sites for hydroxylation is 1. The highest BCUT2D eigenvalue weighted by atomic mass is 79.9. The van der Waals surface area contributed by atoms with E-state index in [2.05, 4.69) is 21.0 Å². The largest absolute Gasteiger partial charge is 0.468 e. The Kier molecular flexibility index (Phi) is 5.36. The van der Waals surface area contributed by atoms with Crippen LogP contribution in [0.4, 0.5) is 0 Å². The summed E-state index contributed by atoms with van der Waals surface area (Å²) in [5.41, 5.74) is 2.16. The van der Waals surface area contributed by atoms with Gasteiger partial charge in [-0.15, -0.1) is 0 Å². The molecule has 0 aliphatic carbocycles. The second-order valence-electron chi connectivity index (χ2n) is 6.12. The number of sulfonamides is 1. The molecule has 0 bridgehead atoms. The van der Waals surface area contributed by atoms with E-state index in [1.807, 2.05) is 24.3 Å². The van der Waals surface area contributed by atoms with Crippen molar-refractivity contribution in [3.8, 4) is 0 Å². The van der Waals surface area contributed by atoms with Crippen molar-refractivity contribution >= 4 is 26.0 Å². The minimum atomic E-state index is -3.67. The van der Waals surface area contributed by atoms with E-state index in [-0.39, 0.29) is 11.4 Å². The van der Waals surface area contributed by atoms with Crippen LogP contribution in [0.3, 0.4) is 0 Å². The first-order chi connectivity index (χ1) is 12.3. The fourth-order valence-electron chi connectivity index (χ4n) is 2.83. The van der Waals surface area contributed by atoms with Crippen molar-refractivity contribution < 1.29 is 12.8 Å². The van der Waals surface area contributed by atoms with E-state index < -0.39 is 10.0 Å². The van der Waals surface area contributed by atoms with Crippen LogP contribution in [0, 0.1) is 13.8 Å². The van der Waals surface area contributed by atoms with Crippen LogP contribution in [-0.2, 0) is 23.1 Å². The molecular formula is C18H20BrN3O3S. The van der Waals surface area contributed by atoms with Crippen molar-refractivity contribution in [3.63, 3.8) is 0 Å². The molecule has 0 aliphatic heterocycles. The molecule has 3 rings (SSSR count). The van der Waals surface area contributed by atoms with Gasteiger partial charge in [0.2, 0.25) is 10.0 Å². The smallest absolute Gasteiger partial charge is 0.246 e. The fourth-order valence-corrected chi connectivity index (χ4v) is 4.60. The second kappa shape index (κ2) is 7.38. The molecule has 0 amide bonds. The summed E-state index contributed by atoms with van der Waals surface area (Å²) >= 11 is 3.41. The van der Waals surface area contributed by atoms with E-state index in [1.54, 1.807) is 37.7 Å². The number of furan rings is 1. The minimum absolute atomic E-state index is 0.173. The molecule has 0 spiro atoms. The molecule has 0 saturated carbocycles. The monoisotopic (exact) mass is 437 g/mol. The van der Waals surface area contributed by atoms with Crippen molar-refractivity contribution in [3.05, 3.63) is 69.8 Å². The first-order valence-corrected chi connectivity index (χ1v) is 10.3. The molecule has 0 aliphatic rings. The lowest BCUT2D eigenvalue weighted by atomic mass is 10.2. The third-order valence-corrected chi connectivity index (χ3v) is 6.77. The quantitative estimate of drug-likeness (QED) is 0.588. The maximum Gasteiger partial charge on any atom is 0.246 e. The molecule has 0 radical (unpaired) electrons. The number of hydrogen-bond acceptors (Lipinski definition) is 4. The molecule has 0 atom stereocenters. The minimum Gasteiger partial charge on any atom is -0.468 e. The maximum atomic E-state index is 13.0. The average molecular weight is 438 g/mol. The molecule has 138 valence electrons. The van der Waals surface area contributed by atoms with Gasteiger partial charge in [-0.3, -0.25) is 4.68 Å². The molecular weight excluding hydrogens is 418 g/mol. The van der Waals surface area contributed by atoms with Crippen molar-refractivity contribution in [1.29, 1.82) is 0 Å². The summed E-state index contributed by atoms with van der Waals surface area (Å²) in [7, 11) is -2.13. The van der Waals surface area contributed by atoms with Gasteiger partial charge in [-0.05, 0) is 43.7 Å². The molecule has 2 heterocycles. The molecule has 3 aromatic rings. The van der Waals surface area contributed by atoms with Crippen molar-refractivity contribution in [2.75, 3.05) is 7.05 Å². The van der Waals surface area contributed by atoms with Gasteiger partial charge >= 0.3 is 0 Å². The van der Waals surface area contributed by atoms with Gasteiger partial charge in [0, 0.05) is 11.5 Å². The molecule has 2 aromatic heterocycles. The number of benzene rings is 1. The molecule has 6 nitrogen and oxygen atoms in total. The lowest BCUT2D eigenvalue weighted by molar-refractivity contribution is 0.406. The van der Waals surface area contributed by atoms with E-state index >= 15 is 0 Å². The van der Waals surface area contributed by atoms with Gasteiger partial charge in [0.05, 0.1) is 30.7 Å². The number of hydrogen-bond donors (Lipinski definition) is 0. The second-order valence-corrected chi connectivity index (χ2v) is 9.02. The van der Waals surface area contributed by atoms with Gasteiger partial charge in [0.1, 0.15) is 10.7 Å².